The van der Waals surface area contributed by atoms with Gasteiger partial charge in [-0.1, -0.05) is 26.8 Å². The zero-order valence-electron chi connectivity index (χ0n) is 11.2. The summed E-state index contributed by atoms with van der Waals surface area (Å²) < 4.78 is 1.34. The van der Waals surface area contributed by atoms with Gasteiger partial charge in [0.15, 0.2) is 0 Å². The van der Waals surface area contributed by atoms with Crippen molar-refractivity contribution in [2.75, 3.05) is 5.32 Å². The van der Waals surface area contributed by atoms with Gasteiger partial charge in [0, 0.05) is 15.3 Å². The molecule has 1 aromatic carbocycles. The van der Waals surface area contributed by atoms with Crippen LogP contribution in [-0.4, -0.2) is 6.04 Å². The molecule has 1 saturated carbocycles. The summed E-state index contributed by atoms with van der Waals surface area (Å²) in [6, 6.07) is 7.29. The Hall–Kier alpha value is -0.250. The number of aryl methyl sites for hydroxylation is 1. The fourth-order valence-corrected chi connectivity index (χ4v) is 3.50. The maximum Gasteiger partial charge on any atom is 0.0353 e. The van der Waals surface area contributed by atoms with Gasteiger partial charge in [-0.25, -0.2) is 0 Å². The summed E-state index contributed by atoms with van der Waals surface area (Å²) in [5.41, 5.74) is 3.13. The number of hydrogen-bond acceptors (Lipinski definition) is 1. The van der Waals surface area contributed by atoms with Crippen molar-refractivity contribution in [1.29, 1.82) is 0 Å². The average molecular weight is 343 g/mol. The Kier molecular flexibility index (Phi) is 3.71. The quantitative estimate of drug-likeness (QED) is 0.758. The summed E-state index contributed by atoms with van der Waals surface area (Å²) in [6.07, 6.45) is 2.60. The molecule has 1 aromatic rings. The van der Waals surface area contributed by atoms with Gasteiger partial charge in [0.2, 0.25) is 0 Å². The Bertz CT molecular complexity index is 411. The van der Waals surface area contributed by atoms with Crippen LogP contribution in [0.15, 0.2) is 18.2 Å². The van der Waals surface area contributed by atoms with Gasteiger partial charge in [0.25, 0.3) is 0 Å². The molecular weight excluding hydrogens is 321 g/mol. The lowest BCUT2D eigenvalue weighted by Gasteiger charge is -2.20. The molecular formula is C15H22IN. The Morgan fingerprint density at radius 2 is 2.00 bits per heavy atom. The van der Waals surface area contributed by atoms with E-state index in [1.165, 1.54) is 27.7 Å². The van der Waals surface area contributed by atoms with Crippen molar-refractivity contribution in [2.45, 2.75) is 46.6 Å². The minimum atomic E-state index is 0.495. The molecule has 1 fully saturated rings. The van der Waals surface area contributed by atoms with Crippen LogP contribution in [0, 0.1) is 21.8 Å². The summed E-state index contributed by atoms with van der Waals surface area (Å²) in [4.78, 5) is 0. The number of rotatable bonds is 2. The van der Waals surface area contributed by atoms with Crippen molar-refractivity contribution in [2.24, 2.45) is 11.3 Å². The molecule has 0 aromatic heterocycles. The van der Waals surface area contributed by atoms with E-state index in [2.05, 4.69) is 73.8 Å². The molecule has 2 atom stereocenters. The molecule has 0 radical (unpaired) electrons. The molecule has 17 heavy (non-hydrogen) atoms. The molecule has 0 amide bonds. The maximum atomic E-state index is 3.71. The predicted molar refractivity (Wildman–Crippen MR) is 83.5 cm³/mol. The van der Waals surface area contributed by atoms with Crippen molar-refractivity contribution >= 4 is 28.3 Å². The summed E-state index contributed by atoms with van der Waals surface area (Å²) in [7, 11) is 0. The highest BCUT2D eigenvalue weighted by Crippen LogP contribution is 2.42. The second-order valence-electron chi connectivity index (χ2n) is 6.26. The summed E-state index contributed by atoms with van der Waals surface area (Å²) in [5.74, 6) is 0.768. The van der Waals surface area contributed by atoms with E-state index in [0.717, 1.165) is 5.92 Å². The molecule has 0 bridgehead atoms. The monoisotopic (exact) mass is 343 g/mol. The first-order valence-electron chi connectivity index (χ1n) is 6.40. The third-order valence-corrected chi connectivity index (χ3v) is 5.02. The van der Waals surface area contributed by atoms with E-state index < -0.39 is 0 Å². The Morgan fingerprint density at radius 3 is 2.53 bits per heavy atom. The van der Waals surface area contributed by atoms with Gasteiger partial charge in [-0.15, -0.1) is 0 Å². The third kappa shape index (κ3) is 3.15. The first-order chi connectivity index (χ1) is 7.87. The van der Waals surface area contributed by atoms with Crippen molar-refractivity contribution < 1.29 is 0 Å². The first kappa shape index (κ1) is 13.2. The topological polar surface area (TPSA) is 12.0 Å². The Labute approximate surface area is 119 Å². The number of nitrogens with one attached hydrogen (secondary N) is 1. The molecule has 1 nitrogen and oxygen atoms in total. The maximum absolute atomic E-state index is 3.71. The molecule has 1 aliphatic rings. The molecule has 2 unspecified atom stereocenters. The van der Waals surface area contributed by atoms with Gasteiger partial charge in [-0.05, 0) is 71.4 Å². The van der Waals surface area contributed by atoms with Crippen molar-refractivity contribution in [3.63, 3.8) is 0 Å². The fraction of sp³-hybridized carbons (Fsp3) is 0.600. The molecule has 2 heteroatoms. The minimum absolute atomic E-state index is 0.495. The molecule has 1 aliphatic carbocycles. The fourth-order valence-electron chi connectivity index (χ4n) is 2.98. The van der Waals surface area contributed by atoms with Crippen LogP contribution >= 0.6 is 22.6 Å². The van der Waals surface area contributed by atoms with Gasteiger partial charge >= 0.3 is 0 Å². The van der Waals surface area contributed by atoms with E-state index >= 15 is 0 Å². The van der Waals surface area contributed by atoms with Gasteiger partial charge < -0.3 is 5.32 Å². The molecule has 0 heterocycles. The molecule has 0 aliphatic heterocycles. The van der Waals surface area contributed by atoms with E-state index in [1.807, 2.05) is 0 Å². The summed E-state index contributed by atoms with van der Waals surface area (Å²) >= 11 is 2.41. The highest BCUT2D eigenvalue weighted by atomic mass is 127. The van der Waals surface area contributed by atoms with Crippen LogP contribution in [0.1, 0.15) is 39.2 Å². The SMILES string of the molecule is Cc1ccc(NC2CC(C)(C)CC2C)cc1I. The molecule has 1 N–H and O–H groups in total. The predicted octanol–water partition coefficient (Wildman–Crippen LogP) is 4.84. The molecule has 2 rings (SSSR count). The van der Waals surface area contributed by atoms with Crippen LogP contribution in [0.3, 0.4) is 0 Å². The Morgan fingerprint density at radius 1 is 1.29 bits per heavy atom. The molecule has 94 valence electrons. The van der Waals surface area contributed by atoms with Crippen molar-refractivity contribution in [3.05, 3.63) is 27.3 Å². The smallest absolute Gasteiger partial charge is 0.0353 e. The summed E-state index contributed by atoms with van der Waals surface area (Å²) in [5, 5.41) is 3.71. The van der Waals surface area contributed by atoms with E-state index in [4.69, 9.17) is 0 Å². The van der Waals surface area contributed by atoms with Gasteiger partial charge in [0.1, 0.15) is 0 Å². The molecule has 0 saturated heterocycles. The van der Waals surface area contributed by atoms with Crippen LogP contribution < -0.4 is 5.32 Å². The van der Waals surface area contributed by atoms with Crippen LogP contribution in [0.2, 0.25) is 0 Å². The second kappa shape index (κ2) is 4.79. The van der Waals surface area contributed by atoms with Crippen LogP contribution in [0.4, 0.5) is 5.69 Å². The average Bonchev–Trinajstić information content (AvgIpc) is 2.46. The Balaban J connectivity index is 2.08. The van der Waals surface area contributed by atoms with E-state index in [-0.39, 0.29) is 0 Å². The van der Waals surface area contributed by atoms with E-state index in [1.54, 1.807) is 0 Å². The second-order valence-corrected chi connectivity index (χ2v) is 7.43. The minimum Gasteiger partial charge on any atom is -0.382 e. The zero-order valence-corrected chi connectivity index (χ0v) is 13.3. The first-order valence-corrected chi connectivity index (χ1v) is 7.48. The number of benzene rings is 1. The van der Waals surface area contributed by atoms with Gasteiger partial charge in [-0.3, -0.25) is 0 Å². The highest BCUT2D eigenvalue weighted by molar-refractivity contribution is 14.1. The normalized spacial score (nSPS) is 27.1. The third-order valence-electron chi connectivity index (χ3n) is 3.86. The van der Waals surface area contributed by atoms with E-state index in [9.17, 15) is 0 Å². The highest BCUT2D eigenvalue weighted by Gasteiger charge is 2.36. The van der Waals surface area contributed by atoms with Gasteiger partial charge in [-0.2, -0.15) is 0 Å². The standard InChI is InChI=1S/C15H22IN/c1-10-5-6-12(7-13(10)16)17-14-9-15(3,4)8-11(14)2/h5-7,11,14,17H,8-9H2,1-4H3. The lowest BCUT2D eigenvalue weighted by Crippen LogP contribution is -2.22. The lowest BCUT2D eigenvalue weighted by atomic mass is 9.91. The van der Waals surface area contributed by atoms with Crippen LogP contribution in [0.25, 0.3) is 0 Å². The van der Waals surface area contributed by atoms with E-state index in [0.29, 0.717) is 11.5 Å². The number of hydrogen-bond donors (Lipinski definition) is 1. The van der Waals surface area contributed by atoms with Crippen molar-refractivity contribution in [1.82, 2.24) is 0 Å². The van der Waals surface area contributed by atoms with Gasteiger partial charge in [0.05, 0.1) is 0 Å². The largest absolute Gasteiger partial charge is 0.382 e. The lowest BCUT2D eigenvalue weighted by molar-refractivity contribution is 0.366. The number of anilines is 1. The van der Waals surface area contributed by atoms with Crippen molar-refractivity contribution in [3.8, 4) is 0 Å². The zero-order chi connectivity index (χ0) is 12.6. The van der Waals surface area contributed by atoms with Crippen LogP contribution in [-0.2, 0) is 0 Å². The van der Waals surface area contributed by atoms with Crippen LogP contribution in [0.5, 0.6) is 0 Å². The molecule has 0 spiro atoms. The number of halogens is 1. The summed E-state index contributed by atoms with van der Waals surface area (Å²) in [6.45, 7) is 9.28.